The van der Waals surface area contributed by atoms with Crippen molar-refractivity contribution in [1.82, 2.24) is 0 Å². The first-order valence-electron chi connectivity index (χ1n) is 6.22. The molecule has 1 fully saturated rings. The van der Waals surface area contributed by atoms with Crippen LogP contribution in [0.25, 0.3) is 0 Å². The van der Waals surface area contributed by atoms with Crippen LogP contribution in [0.2, 0.25) is 0 Å². The summed E-state index contributed by atoms with van der Waals surface area (Å²) in [7, 11) is 0. The van der Waals surface area contributed by atoms with E-state index in [9.17, 15) is 4.39 Å². The Hall–Kier alpha value is -1.11. The van der Waals surface area contributed by atoms with Crippen LogP contribution in [0.1, 0.15) is 50.5 Å². The maximum atomic E-state index is 12.9. The third kappa shape index (κ3) is 2.52. The molecule has 0 bridgehead atoms. The molecule has 1 aromatic carbocycles. The molecule has 1 atom stereocenters. The minimum absolute atomic E-state index is 0.139. The van der Waals surface area contributed by atoms with Crippen molar-refractivity contribution in [3.8, 4) is 0 Å². The molecule has 86 valence electrons. The van der Waals surface area contributed by atoms with Gasteiger partial charge in [-0.2, -0.15) is 0 Å². The van der Waals surface area contributed by atoms with Gasteiger partial charge >= 0.3 is 0 Å². The fraction of sp³-hybridized carbons (Fsp3) is 0.467. The molecule has 1 heteroatoms. The summed E-state index contributed by atoms with van der Waals surface area (Å²) >= 11 is 0. The standard InChI is InChI=1S/C15H19F/c1-2-12-6-4-3-5-7-15(12)13-8-10-14(16)11-9-13/h2,8-11,15H,3-7H2,1H3. The van der Waals surface area contributed by atoms with Crippen LogP contribution < -0.4 is 0 Å². The van der Waals surface area contributed by atoms with Crippen LogP contribution in [0.4, 0.5) is 4.39 Å². The number of benzene rings is 1. The number of rotatable bonds is 1. The predicted molar refractivity (Wildman–Crippen MR) is 66.0 cm³/mol. The Balaban J connectivity index is 2.25. The number of halogens is 1. The fourth-order valence-corrected chi connectivity index (χ4v) is 2.64. The van der Waals surface area contributed by atoms with Gasteiger partial charge in [-0.15, -0.1) is 0 Å². The van der Waals surface area contributed by atoms with Gasteiger partial charge in [-0.1, -0.05) is 36.6 Å². The molecule has 1 aliphatic rings. The van der Waals surface area contributed by atoms with Gasteiger partial charge in [0.05, 0.1) is 0 Å². The molecule has 0 saturated heterocycles. The highest BCUT2D eigenvalue weighted by Gasteiger charge is 2.18. The average molecular weight is 218 g/mol. The SMILES string of the molecule is CC=C1CCCCCC1c1ccc(F)cc1. The third-order valence-corrected chi connectivity index (χ3v) is 3.55. The van der Waals surface area contributed by atoms with Crippen LogP contribution in [-0.4, -0.2) is 0 Å². The van der Waals surface area contributed by atoms with E-state index in [-0.39, 0.29) is 5.82 Å². The molecule has 0 radical (unpaired) electrons. The molecule has 2 rings (SSSR count). The van der Waals surface area contributed by atoms with E-state index in [1.807, 2.05) is 12.1 Å². The van der Waals surface area contributed by atoms with E-state index in [4.69, 9.17) is 0 Å². The van der Waals surface area contributed by atoms with Crippen LogP contribution in [-0.2, 0) is 0 Å². The molecule has 0 amide bonds. The van der Waals surface area contributed by atoms with E-state index >= 15 is 0 Å². The van der Waals surface area contributed by atoms with E-state index in [1.165, 1.54) is 43.2 Å². The largest absolute Gasteiger partial charge is 0.207 e. The van der Waals surface area contributed by atoms with Crippen LogP contribution in [0.15, 0.2) is 35.9 Å². The lowest BCUT2D eigenvalue weighted by Gasteiger charge is -2.18. The topological polar surface area (TPSA) is 0 Å². The van der Waals surface area contributed by atoms with E-state index in [0.717, 1.165) is 0 Å². The Morgan fingerprint density at radius 2 is 1.88 bits per heavy atom. The lowest BCUT2D eigenvalue weighted by Crippen LogP contribution is -2.01. The number of allylic oxidation sites excluding steroid dienone is 2. The summed E-state index contributed by atoms with van der Waals surface area (Å²) in [5, 5.41) is 0. The molecule has 1 aromatic rings. The molecule has 0 spiro atoms. The zero-order valence-electron chi connectivity index (χ0n) is 9.88. The van der Waals surface area contributed by atoms with Gasteiger partial charge in [-0.25, -0.2) is 4.39 Å². The number of hydrogen-bond acceptors (Lipinski definition) is 0. The molecular formula is C15H19F. The molecule has 16 heavy (non-hydrogen) atoms. The summed E-state index contributed by atoms with van der Waals surface area (Å²) in [6.45, 7) is 2.12. The molecule has 0 nitrogen and oxygen atoms in total. The molecule has 0 aromatic heterocycles. The van der Waals surface area contributed by atoms with Gasteiger partial charge < -0.3 is 0 Å². The highest BCUT2D eigenvalue weighted by atomic mass is 19.1. The molecular weight excluding hydrogens is 199 g/mol. The Bertz CT molecular complexity index is 362. The van der Waals surface area contributed by atoms with Gasteiger partial charge in [-0.3, -0.25) is 0 Å². The Morgan fingerprint density at radius 1 is 1.12 bits per heavy atom. The summed E-state index contributed by atoms with van der Waals surface area (Å²) in [6.07, 6.45) is 8.59. The quantitative estimate of drug-likeness (QED) is 0.468. The van der Waals surface area contributed by atoms with E-state index in [1.54, 1.807) is 12.1 Å². The van der Waals surface area contributed by atoms with Crippen molar-refractivity contribution < 1.29 is 4.39 Å². The second kappa shape index (κ2) is 5.29. The van der Waals surface area contributed by atoms with Gasteiger partial charge in [0.25, 0.3) is 0 Å². The maximum Gasteiger partial charge on any atom is 0.123 e. The van der Waals surface area contributed by atoms with Crippen molar-refractivity contribution >= 4 is 0 Å². The fourth-order valence-electron chi connectivity index (χ4n) is 2.64. The van der Waals surface area contributed by atoms with Crippen LogP contribution in [0, 0.1) is 5.82 Å². The van der Waals surface area contributed by atoms with Crippen LogP contribution in [0.3, 0.4) is 0 Å². The van der Waals surface area contributed by atoms with Crippen molar-refractivity contribution in [3.63, 3.8) is 0 Å². The third-order valence-electron chi connectivity index (χ3n) is 3.55. The molecule has 0 aliphatic heterocycles. The molecule has 1 saturated carbocycles. The highest BCUT2D eigenvalue weighted by molar-refractivity contribution is 5.29. The second-order valence-electron chi connectivity index (χ2n) is 4.57. The normalized spacial score (nSPS) is 24.4. The van der Waals surface area contributed by atoms with Crippen molar-refractivity contribution in [2.24, 2.45) is 0 Å². The smallest absolute Gasteiger partial charge is 0.123 e. The number of hydrogen-bond donors (Lipinski definition) is 0. The summed E-state index contributed by atoms with van der Waals surface area (Å²) < 4.78 is 12.9. The second-order valence-corrected chi connectivity index (χ2v) is 4.57. The zero-order valence-corrected chi connectivity index (χ0v) is 9.88. The molecule has 0 N–H and O–H groups in total. The van der Waals surface area contributed by atoms with E-state index < -0.39 is 0 Å². The van der Waals surface area contributed by atoms with Gasteiger partial charge in [0, 0.05) is 5.92 Å². The summed E-state index contributed by atoms with van der Waals surface area (Å²) in [5.41, 5.74) is 2.81. The van der Waals surface area contributed by atoms with Gasteiger partial charge in [0.1, 0.15) is 5.82 Å². The van der Waals surface area contributed by atoms with Crippen molar-refractivity contribution in [3.05, 3.63) is 47.3 Å². The predicted octanol–water partition coefficient (Wildman–Crippen LogP) is 4.82. The van der Waals surface area contributed by atoms with Crippen molar-refractivity contribution in [2.75, 3.05) is 0 Å². The van der Waals surface area contributed by atoms with E-state index in [0.29, 0.717) is 5.92 Å². The summed E-state index contributed by atoms with van der Waals surface area (Å²) in [6, 6.07) is 7.03. The molecule has 1 aliphatic carbocycles. The molecule has 0 heterocycles. The van der Waals surface area contributed by atoms with Crippen LogP contribution >= 0.6 is 0 Å². The van der Waals surface area contributed by atoms with Crippen LogP contribution in [0.5, 0.6) is 0 Å². The monoisotopic (exact) mass is 218 g/mol. The van der Waals surface area contributed by atoms with Crippen molar-refractivity contribution in [2.45, 2.75) is 44.9 Å². The Kier molecular flexibility index (Phi) is 3.76. The maximum absolute atomic E-state index is 12.9. The highest BCUT2D eigenvalue weighted by Crippen LogP contribution is 2.35. The first-order chi connectivity index (χ1) is 7.81. The first-order valence-corrected chi connectivity index (χ1v) is 6.22. The lowest BCUT2D eigenvalue weighted by molar-refractivity contribution is 0.623. The Labute approximate surface area is 97.2 Å². The van der Waals surface area contributed by atoms with Crippen molar-refractivity contribution in [1.29, 1.82) is 0 Å². The summed E-state index contributed by atoms with van der Waals surface area (Å²) in [4.78, 5) is 0. The Morgan fingerprint density at radius 3 is 2.56 bits per heavy atom. The minimum atomic E-state index is -0.139. The van der Waals surface area contributed by atoms with Gasteiger partial charge in [0.2, 0.25) is 0 Å². The van der Waals surface area contributed by atoms with Gasteiger partial charge in [-0.05, 0) is 43.9 Å². The zero-order chi connectivity index (χ0) is 11.4. The lowest BCUT2D eigenvalue weighted by atomic mass is 9.87. The first kappa shape index (κ1) is 11.4. The molecule has 1 unspecified atom stereocenters. The van der Waals surface area contributed by atoms with Gasteiger partial charge in [0.15, 0.2) is 0 Å². The average Bonchev–Trinajstić information content (AvgIpc) is 2.55. The minimum Gasteiger partial charge on any atom is -0.207 e. The summed E-state index contributed by atoms with van der Waals surface area (Å²) in [5.74, 6) is 0.382. The van der Waals surface area contributed by atoms with E-state index in [2.05, 4.69) is 13.0 Å².